The van der Waals surface area contributed by atoms with E-state index >= 15 is 0 Å². The summed E-state index contributed by atoms with van der Waals surface area (Å²) in [6, 6.07) is 5.02. The molecule has 2 rings (SSSR count). The summed E-state index contributed by atoms with van der Waals surface area (Å²) < 4.78 is 72.1. The zero-order valence-corrected chi connectivity index (χ0v) is 83.0. The van der Waals surface area contributed by atoms with E-state index < -0.39 is 219 Å². The molecule has 1 aromatic rings. The molecule has 1 aliphatic rings. The number of likely N-dealkylation sites (tertiary alicyclic amines) is 1. The Bertz CT molecular complexity index is 4550. The molecular formula is C76H137N27O43S2. The van der Waals surface area contributed by atoms with Gasteiger partial charge in [-0.2, -0.15) is 16.8 Å². The molecule has 0 spiro atoms. The van der Waals surface area contributed by atoms with Crippen LogP contribution in [-0.4, -0.2) is 472 Å². The van der Waals surface area contributed by atoms with Gasteiger partial charge in [-0.3, -0.25) is 129 Å². The van der Waals surface area contributed by atoms with Crippen LogP contribution in [-0.2, 0) is 166 Å². The normalized spacial score (nSPS) is 11.8. The first-order valence-electron chi connectivity index (χ1n) is 42.7. The van der Waals surface area contributed by atoms with Gasteiger partial charge in [0.05, 0.1) is 135 Å². The van der Waals surface area contributed by atoms with Crippen molar-refractivity contribution in [2.45, 2.75) is 70.2 Å². The summed E-state index contributed by atoms with van der Waals surface area (Å²) in [5.74, 6) is -18.9. The molecule has 1 aliphatic heterocycles. The summed E-state index contributed by atoms with van der Waals surface area (Å²) in [6.45, 7) is -0.532. The summed E-state index contributed by atoms with van der Waals surface area (Å²) in [5.41, 5.74) is 36.6. The van der Waals surface area contributed by atoms with E-state index in [-0.39, 0.29) is 168 Å². The molecule has 0 aromatic heterocycles. The Morgan fingerprint density at radius 1 is 0.399 bits per heavy atom. The average molecular weight is 2180 g/mol. The summed E-state index contributed by atoms with van der Waals surface area (Å²) in [4.78, 5) is 281. The Labute approximate surface area is 845 Å². The van der Waals surface area contributed by atoms with Crippen molar-refractivity contribution in [3.63, 3.8) is 0 Å². The van der Waals surface area contributed by atoms with E-state index in [4.69, 9.17) is 90.1 Å². The number of carboxylic acids is 6. The molecular weight excluding hydrogens is 2040 g/mol. The van der Waals surface area contributed by atoms with Crippen LogP contribution in [0.15, 0.2) is 30.3 Å². The molecule has 0 radical (unpaired) electrons. The Balaban J connectivity index is -0.000000248. The average Bonchev–Trinajstić information content (AvgIpc) is 1.75. The molecule has 0 saturated carbocycles. The predicted octanol–water partition coefficient (Wildman–Crippen LogP) is -22.2. The fourth-order valence-electron chi connectivity index (χ4n) is 8.16. The van der Waals surface area contributed by atoms with Crippen molar-refractivity contribution in [3.8, 4) is 0 Å². The molecule has 1 heterocycles. The van der Waals surface area contributed by atoms with Crippen molar-refractivity contribution in [1.82, 2.24) is 106 Å². The van der Waals surface area contributed by atoms with Crippen molar-refractivity contribution in [3.05, 3.63) is 35.9 Å². The van der Waals surface area contributed by atoms with Gasteiger partial charge in [-0.1, -0.05) is 30.3 Å². The third-order valence-corrected chi connectivity index (χ3v) is 16.5. The molecule has 846 valence electrons. The maximum atomic E-state index is 11.8. The lowest BCUT2D eigenvalue weighted by atomic mass is 10.1. The number of rotatable bonds is 56. The third kappa shape index (κ3) is 107. The first-order valence-corrected chi connectivity index (χ1v) is 45.9. The molecule has 43 N–H and O–H groups in total. The van der Waals surface area contributed by atoms with E-state index in [1.807, 2.05) is 47.6 Å². The molecule has 72 heteroatoms. The second-order valence-electron chi connectivity index (χ2n) is 27.7. The Kier molecular flexibility index (Phi) is 92.9. The number of amides is 17. The van der Waals surface area contributed by atoms with Crippen molar-refractivity contribution in [2.75, 3.05) is 216 Å². The molecule has 1 saturated heterocycles. The van der Waals surface area contributed by atoms with E-state index in [0.29, 0.717) is 13.0 Å². The highest BCUT2D eigenvalue weighted by Gasteiger charge is 2.29. The lowest BCUT2D eigenvalue weighted by Crippen LogP contribution is -2.49. The Hall–Kier alpha value is -15.2. The Morgan fingerprint density at radius 2 is 0.716 bits per heavy atom. The molecule has 148 heavy (non-hydrogen) atoms. The number of nitrogens with two attached hydrogens (primary N) is 7. The van der Waals surface area contributed by atoms with Gasteiger partial charge >= 0.3 is 53.7 Å². The zero-order valence-electron chi connectivity index (χ0n) is 81.4. The van der Waals surface area contributed by atoms with Gasteiger partial charge in [0.1, 0.15) is 76.9 Å². The van der Waals surface area contributed by atoms with E-state index in [2.05, 4.69) is 110 Å². The van der Waals surface area contributed by atoms with Crippen LogP contribution in [0.2, 0.25) is 0 Å². The molecule has 5 atom stereocenters. The fourth-order valence-corrected chi connectivity index (χ4v) is 9.16. The number of esters is 3. The number of nitrogens with zero attached hydrogens (tertiary/aromatic N) is 1. The van der Waals surface area contributed by atoms with Gasteiger partial charge in [-0.15, -0.1) is 0 Å². The van der Waals surface area contributed by atoms with E-state index in [1.165, 1.54) is 20.9 Å². The number of likely N-dealkylation sites (N-methyl/N-ethyl adjacent to an activating group) is 3. The van der Waals surface area contributed by atoms with E-state index in [9.17, 15) is 141 Å². The number of nitrogens with one attached hydrogen (secondary N) is 19. The number of aliphatic carboxylic acids is 6. The SMILES string of the molecule is CC(N)C(=O)NCC(=O)NCC(=O)O.CC(NC(=O)CNC(=O)CN)C(=O)OCCO.CCOC(=O)CNC(=O)CN.CN1CCCC1C(=O)NCC(=O)NCC(=O)O.CNCC(=O)NCC(=O)NC(CS(=O)(=O)O)C(=O)O.CNCC(=O)NCC(=O)O.NC(Cc1ccccc1)C(=O)NCC(=O)NCC(=O)OCCO.NCC(=O)NCC(=O)NCC(=O)O.NCC(=O)NCC(=O)NCCS(=O)(=O)O.NCC(=O)NCC(=O)O. The molecule has 5 unspecified atom stereocenters. The van der Waals surface area contributed by atoms with Crippen molar-refractivity contribution < 1.29 is 206 Å². The number of ether oxygens (including phenoxy) is 3. The maximum Gasteiger partial charge on any atom is 0.328 e. The Morgan fingerprint density at radius 3 is 1.05 bits per heavy atom. The first-order chi connectivity index (χ1) is 69.1. The van der Waals surface area contributed by atoms with E-state index in [1.54, 1.807) is 14.0 Å². The summed E-state index contributed by atoms with van der Waals surface area (Å²) in [5, 5.41) is 109. The van der Waals surface area contributed by atoms with Gasteiger partial charge in [0, 0.05) is 6.54 Å². The molecule has 17 amide bonds. The highest BCUT2D eigenvalue weighted by molar-refractivity contribution is 7.86. The second-order valence-corrected chi connectivity index (χ2v) is 30.8. The lowest BCUT2D eigenvalue weighted by molar-refractivity contribution is -0.148. The van der Waals surface area contributed by atoms with Crippen LogP contribution in [0.3, 0.4) is 0 Å². The third-order valence-electron chi connectivity index (χ3n) is 15.0. The number of aliphatic hydroxyl groups is 2. The minimum absolute atomic E-state index is 0.0271. The van der Waals surface area contributed by atoms with E-state index in [0.717, 1.165) is 24.9 Å². The largest absolute Gasteiger partial charge is 0.480 e. The monoisotopic (exact) mass is 2180 g/mol. The molecule has 1 aromatic carbocycles. The lowest BCUT2D eigenvalue weighted by Gasteiger charge is -2.18. The number of carboxylic acid groups (broad SMARTS) is 6. The number of benzene rings is 1. The maximum absolute atomic E-state index is 11.8. The van der Waals surface area contributed by atoms with Gasteiger partial charge in [-0.05, 0) is 73.3 Å². The number of hydrogen-bond acceptors (Lipinski definition) is 45. The van der Waals surface area contributed by atoms with Gasteiger partial charge in [0.2, 0.25) is 100 Å². The highest BCUT2D eigenvalue weighted by Crippen LogP contribution is 2.14. The van der Waals surface area contributed by atoms with Crippen molar-refractivity contribution >= 4 is 174 Å². The van der Waals surface area contributed by atoms with Crippen molar-refractivity contribution in [2.24, 2.45) is 40.1 Å². The standard InChI is InChI=1S/C15H21N3O5.C10H17N3O4.C9H17N3O5.C8H15N3O7S.C7H13N3O4.C6H13N3O5S.C6H11N3O4.C6H12N2O3.C5H10N2O3.C4H8N2O3/c16-12(8-11-4-2-1-3-5-11)15(22)18-9-13(20)17-10-14(21)23-7-6-19;1-13-4-2-3-7(13)10(17)12-5-8(14)11-6-9(15)16;1-6(9(16)17-3-2-13)12-8(15)5-11-7(14)4-10;1-9-2-6(12)10-3-7(13)11-5(8(14)15)4-19(16,17)18;1-4(8)7(14)10-2-5(11)9-3-6(12)13;7-3-5(10)9-4-6(11)8-1-2-15(12,13)14;7-1-4(10)8-2-5(11)9-3-6(12)13;1-2-11-6(10)4-8-5(9)3-7;1-6-2-4(8)7-3-5(9)10;5-1-3(7)6-2-4(8)9/h1-5,12,19H,6-10,16H2,(H,17,20)(H,18,22);7H,2-6H2,1H3,(H,11,14)(H,12,17)(H,15,16);6,13H,2-5,10H2,1H3,(H,11,14)(H,12,15);5,9H,2-4H2,1H3,(H,10,12)(H,11,13)(H,14,15)(H,16,17,18);4H,2-3,8H2,1H3,(H,9,11)(H,10,14)(H,12,13);1-4,7H2,(H,8,11)(H,9,10)(H,12,13,14);1-3,7H2,(H,8,10)(H,9,11)(H,12,13);2-4,7H2,1H3,(H,8,9);6H,2-3H2,1H3,(H,7,8)(H,9,10);1-2,5H2,(H,6,7)(H,8,9). The molecule has 0 bridgehead atoms. The summed E-state index contributed by atoms with van der Waals surface area (Å²) in [7, 11) is -3.63. The minimum Gasteiger partial charge on any atom is -0.480 e. The fraction of sp³-hybridized carbons (Fsp3) is 0.579. The zero-order chi connectivity index (χ0) is 115. The van der Waals surface area contributed by atoms with Crippen molar-refractivity contribution in [1.29, 1.82) is 0 Å². The van der Waals surface area contributed by atoms with Crippen LogP contribution in [0.25, 0.3) is 0 Å². The van der Waals surface area contributed by atoms with Crippen LogP contribution in [0.5, 0.6) is 0 Å². The predicted molar refractivity (Wildman–Crippen MR) is 507 cm³/mol. The van der Waals surface area contributed by atoms with Gasteiger partial charge in [0.15, 0.2) is 0 Å². The minimum atomic E-state index is -4.55. The van der Waals surface area contributed by atoms with Crippen LogP contribution in [0.4, 0.5) is 0 Å². The van der Waals surface area contributed by atoms with Gasteiger partial charge < -0.3 is 196 Å². The van der Waals surface area contributed by atoms with Crippen LogP contribution in [0, 0.1) is 0 Å². The molecule has 1 fully saturated rings. The highest BCUT2D eigenvalue weighted by atomic mass is 32.2. The quantitative estimate of drug-likeness (QED) is 0.0164. The number of carbonyl (C=O) groups excluding carboxylic acids is 20. The molecule has 0 aliphatic carbocycles. The van der Waals surface area contributed by atoms with Crippen LogP contribution in [0.1, 0.15) is 39.2 Å². The topological polar surface area (TPSA) is 1160 Å². The smallest absolute Gasteiger partial charge is 0.328 e. The van der Waals surface area contributed by atoms with Gasteiger partial charge in [-0.25, -0.2) is 9.59 Å². The number of aliphatic hydroxyl groups excluding tert-OH is 2. The van der Waals surface area contributed by atoms with Crippen LogP contribution >= 0.6 is 0 Å². The van der Waals surface area contributed by atoms with Gasteiger partial charge in [0.25, 0.3) is 20.2 Å². The first kappa shape index (κ1) is 148. The number of carbonyl (C=O) groups is 26. The number of hydrogen-bond donors (Lipinski definition) is 36. The second kappa shape index (κ2) is 92.9. The van der Waals surface area contributed by atoms with Crippen LogP contribution < -0.4 is 141 Å². The summed E-state index contributed by atoms with van der Waals surface area (Å²) in [6.07, 6.45) is 2.13. The molecule has 70 nitrogen and oxygen atoms in total. The summed E-state index contributed by atoms with van der Waals surface area (Å²) >= 11 is 0.